The molecule has 0 atom stereocenters. The molecular weight excluding hydrogens is 308 g/mol. The molecule has 0 bridgehead atoms. The minimum absolute atomic E-state index is 0.0454. The summed E-state index contributed by atoms with van der Waals surface area (Å²) >= 11 is 0. The van der Waals surface area contributed by atoms with Gasteiger partial charge in [-0.1, -0.05) is 18.2 Å². The van der Waals surface area contributed by atoms with E-state index in [0.717, 1.165) is 10.2 Å². The van der Waals surface area contributed by atoms with Crippen molar-refractivity contribution >= 4 is 22.5 Å². The maximum absolute atomic E-state index is 12.3. The smallest absolute Gasteiger partial charge is 0.273 e. The van der Waals surface area contributed by atoms with Crippen LogP contribution in [0.4, 0.5) is 5.82 Å². The second kappa shape index (κ2) is 6.49. The van der Waals surface area contributed by atoms with E-state index in [1.807, 2.05) is 13.0 Å². The second-order valence-corrected chi connectivity index (χ2v) is 5.46. The summed E-state index contributed by atoms with van der Waals surface area (Å²) in [5.74, 6) is 0.164. The molecule has 0 saturated carbocycles. The first-order chi connectivity index (χ1) is 11.5. The molecule has 1 aromatic carbocycles. The van der Waals surface area contributed by atoms with E-state index >= 15 is 0 Å². The maximum Gasteiger partial charge on any atom is 0.273 e. The minimum Gasteiger partial charge on any atom is -0.311 e. The van der Waals surface area contributed by atoms with Crippen LogP contribution in [0.25, 0.3) is 10.8 Å². The van der Waals surface area contributed by atoms with Crippen molar-refractivity contribution in [1.29, 1.82) is 0 Å². The summed E-state index contributed by atoms with van der Waals surface area (Å²) < 4.78 is 1.16. The lowest BCUT2D eigenvalue weighted by Gasteiger charge is -2.08. The molecule has 0 spiro atoms. The van der Waals surface area contributed by atoms with Gasteiger partial charge in [0.25, 0.3) is 11.1 Å². The number of carbonyl (C=O) groups excluding carboxylic acids is 1. The Labute approximate surface area is 137 Å². The molecule has 0 aliphatic carbocycles. The van der Waals surface area contributed by atoms with E-state index in [1.165, 1.54) is 0 Å². The number of carbonyl (C=O) groups is 1. The number of benzene rings is 1. The third-order valence-corrected chi connectivity index (χ3v) is 3.63. The number of aromatic amines is 1. The lowest BCUT2D eigenvalue weighted by Crippen LogP contribution is -2.31. The first-order valence-electron chi connectivity index (χ1n) is 7.49. The van der Waals surface area contributed by atoms with Crippen LogP contribution in [-0.2, 0) is 11.3 Å². The monoisotopic (exact) mass is 324 g/mol. The number of pyridine rings is 1. The highest BCUT2D eigenvalue weighted by atomic mass is 16.2. The zero-order valence-corrected chi connectivity index (χ0v) is 13.1. The number of aryl methyl sites for hydroxylation is 2. The first-order valence-corrected chi connectivity index (χ1v) is 7.49. The zero-order chi connectivity index (χ0) is 17.1. The zero-order valence-electron chi connectivity index (χ0n) is 13.1. The Bertz CT molecular complexity index is 1000. The average molecular weight is 324 g/mol. The summed E-state index contributed by atoms with van der Waals surface area (Å²) in [6.45, 7) is 1.98. The van der Waals surface area contributed by atoms with Crippen molar-refractivity contribution in [1.82, 2.24) is 14.8 Å². The van der Waals surface area contributed by atoms with Crippen LogP contribution in [0.3, 0.4) is 0 Å². The van der Waals surface area contributed by atoms with Gasteiger partial charge in [-0.15, -0.1) is 0 Å². The molecule has 122 valence electrons. The fraction of sp³-hybridized carbons (Fsp3) is 0.176. The van der Waals surface area contributed by atoms with Gasteiger partial charge in [-0.3, -0.25) is 19.5 Å². The molecule has 2 heterocycles. The van der Waals surface area contributed by atoms with Gasteiger partial charge in [0, 0.05) is 12.6 Å². The Balaban J connectivity index is 1.75. The van der Waals surface area contributed by atoms with Crippen molar-refractivity contribution in [2.45, 2.75) is 19.9 Å². The van der Waals surface area contributed by atoms with Gasteiger partial charge in [0.15, 0.2) is 0 Å². The summed E-state index contributed by atoms with van der Waals surface area (Å²) in [5, 5.41) is 5.83. The van der Waals surface area contributed by atoms with Crippen molar-refractivity contribution in [2.24, 2.45) is 0 Å². The van der Waals surface area contributed by atoms with E-state index < -0.39 is 0 Å². The average Bonchev–Trinajstić information content (AvgIpc) is 2.59. The summed E-state index contributed by atoms with van der Waals surface area (Å²) in [5.41, 5.74) is 0.311. The standard InChI is InChI=1S/C17H16N4O3/c1-11-6-7-14(18-10-11)19-15(22)8-9-21-17(24)13-5-3-2-4-12(13)16(23)20-21/h2-7,10H,8-9H2,1H3,(H,20,23)(H,18,19,22). The van der Waals surface area contributed by atoms with E-state index in [-0.39, 0.29) is 30.0 Å². The SMILES string of the molecule is Cc1ccc(NC(=O)CCn2[nH]c(=O)c3ccccc3c2=O)nc1. The molecule has 0 unspecified atom stereocenters. The van der Waals surface area contributed by atoms with E-state index in [0.29, 0.717) is 16.6 Å². The third kappa shape index (κ3) is 3.24. The van der Waals surface area contributed by atoms with Crippen molar-refractivity contribution in [3.8, 4) is 0 Å². The number of hydrogen-bond donors (Lipinski definition) is 2. The molecule has 0 fully saturated rings. The molecule has 2 aromatic heterocycles. The number of anilines is 1. The van der Waals surface area contributed by atoms with E-state index in [4.69, 9.17) is 0 Å². The third-order valence-electron chi connectivity index (χ3n) is 3.63. The van der Waals surface area contributed by atoms with Gasteiger partial charge in [0.2, 0.25) is 5.91 Å². The largest absolute Gasteiger partial charge is 0.311 e. The molecular formula is C17H16N4O3. The number of fused-ring (bicyclic) bond motifs is 1. The van der Waals surface area contributed by atoms with Gasteiger partial charge in [-0.05, 0) is 30.7 Å². The molecule has 0 aliphatic heterocycles. The van der Waals surface area contributed by atoms with Gasteiger partial charge >= 0.3 is 0 Å². The van der Waals surface area contributed by atoms with E-state index in [1.54, 1.807) is 36.5 Å². The predicted octanol–water partition coefficient (Wildman–Crippen LogP) is 1.42. The fourth-order valence-electron chi connectivity index (χ4n) is 2.36. The quantitative estimate of drug-likeness (QED) is 0.758. The summed E-state index contributed by atoms with van der Waals surface area (Å²) in [6.07, 6.45) is 1.70. The fourth-order valence-corrected chi connectivity index (χ4v) is 2.36. The van der Waals surface area contributed by atoms with Crippen molar-refractivity contribution in [2.75, 3.05) is 5.32 Å². The molecule has 0 saturated heterocycles. The first kappa shape index (κ1) is 15.7. The number of amides is 1. The molecule has 7 nitrogen and oxygen atoms in total. The van der Waals surface area contributed by atoms with E-state index in [2.05, 4.69) is 15.4 Å². The minimum atomic E-state index is -0.356. The highest BCUT2D eigenvalue weighted by Gasteiger charge is 2.09. The summed E-state index contributed by atoms with van der Waals surface area (Å²) in [4.78, 5) is 40.4. The van der Waals surface area contributed by atoms with Crippen molar-refractivity contribution in [3.63, 3.8) is 0 Å². The van der Waals surface area contributed by atoms with Gasteiger partial charge in [0.05, 0.1) is 17.3 Å². The molecule has 3 aromatic rings. The Morgan fingerprint density at radius 2 is 1.92 bits per heavy atom. The normalized spacial score (nSPS) is 10.7. The van der Waals surface area contributed by atoms with Gasteiger partial charge in [-0.2, -0.15) is 0 Å². The highest BCUT2D eigenvalue weighted by molar-refractivity contribution is 5.89. The Morgan fingerprint density at radius 1 is 1.17 bits per heavy atom. The Hall–Kier alpha value is -3.22. The lowest BCUT2D eigenvalue weighted by atomic mass is 10.2. The van der Waals surface area contributed by atoms with Gasteiger partial charge in [0.1, 0.15) is 5.82 Å². The van der Waals surface area contributed by atoms with Crippen LogP contribution in [0.2, 0.25) is 0 Å². The Morgan fingerprint density at radius 3 is 2.62 bits per heavy atom. The van der Waals surface area contributed by atoms with Crippen LogP contribution >= 0.6 is 0 Å². The summed E-state index contributed by atoms with van der Waals surface area (Å²) in [7, 11) is 0. The van der Waals surface area contributed by atoms with Gasteiger partial charge in [-0.25, -0.2) is 9.67 Å². The number of rotatable bonds is 4. The van der Waals surface area contributed by atoms with Crippen LogP contribution in [0.1, 0.15) is 12.0 Å². The highest BCUT2D eigenvalue weighted by Crippen LogP contribution is 2.05. The van der Waals surface area contributed by atoms with Crippen LogP contribution in [-0.4, -0.2) is 20.7 Å². The summed E-state index contributed by atoms with van der Waals surface area (Å²) in [6, 6.07) is 10.1. The van der Waals surface area contributed by atoms with Crippen molar-refractivity contribution in [3.05, 3.63) is 68.9 Å². The number of hydrogen-bond acceptors (Lipinski definition) is 4. The van der Waals surface area contributed by atoms with Crippen LogP contribution in [0.5, 0.6) is 0 Å². The maximum atomic E-state index is 12.3. The number of nitrogens with one attached hydrogen (secondary N) is 2. The topological polar surface area (TPSA) is 96.9 Å². The number of nitrogens with zero attached hydrogens (tertiary/aromatic N) is 2. The lowest BCUT2D eigenvalue weighted by molar-refractivity contribution is -0.116. The molecule has 7 heteroatoms. The van der Waals surface area contributed by atoms with E-state index in [9.17, 15) is 14.4 Å². The Kier molecular flexibility index (Phi) is 4.24. The molecule has 0 radical (unpaired) electrons. The number of H-pyrrole nitrogens is 1. The molecule has 0 aliphatic rings. The van der Waals surface area contributed by atoms with Crippen molar-refractivity contribution < 1.29 is 4.79 Å². The second-order valence-electron chi connectivity index (χ2n) is 5.46. The molecule has 2 N–H and O–H groups in total. The van der Waals surface area contributed by atoms with Crippen LogP contribution < -0.4 is 16.4 Å². The molecule has 3 rings (SSSR count). The predicted molar refractivity (Wildman–Crippen MR) is 91.0 cm³/mol. The van der Waals surface area contributed by atoms with Gasteiger partial charge < -0.3 is 5.32 Å². The number of aromatic nitrogens is 3. The van der Waals surface area contributed by atoms with Crippen LogP contribution in [0, 0.1) is 6.92 Å². The van der Waals surface area contributed by atoms with Crippen LogP contribution in [0.15, 0.2) is 52.2 Å². The molecule has 1 amide bonds. The molecule has 24 heavy (non-hydrogen) atoms.